The second-order valence-corrected chi connectivity index (χ2v) is 8.37. The summed E-state index contributed by atoms with van der Waals surface area (Å²) in [6, 6.07) is 0.402. The molecule has 1 atom stereocenters. The average Bonchev–Trinajstić information content (AvgIpc) is 2.96. The maximum absolute atomic E-state index is 11.9. The Labute approximate surface area is 124 Å². The van der Waals surface area contributed by atoms with Gasteiger partial charge >= 0.3 is 0 Å². The van der Waals surface area contributed by atoms with E-state index in [9.17, 15) is 8.42 Å². The number of rotatable bonds is 8. The molecule has 0 aromatic carbocycles. The van der Waals surface area contributed by atoms with E-state index in [1.165, 1.54) is 44.9 Å². The van der Waals surface area contributed by atoms with Gasteiger partial charge in [0.1, 0.15) is 0 Å². The van der Waals surface area contributed by atoms with Crippen LogP contribution in [0.3, 0.4) is 0 Å². The molecule has 1 heterocycles. The molecule has 0 aromatic heterocycles. The van der Waals surface area contributed by atoms with E-state index in [-0.39, 0.29) is 5.75 Å². The summed E-state index contributed by atoms with van der Waals surface area (Å²) in [5.74, 6) is 1.12. The summed E-state index contributed by atoms with van der Waals surface area (Å²) in [4.78, 5) is 0. The molecular formula is C15H30N2O2S. The molecule has 0 bridgehead atoms. The standard InChI is InChI=1S/C15H30N2O2S/c18-20(19,13-10-15-9-3-4-11-16-15)17-12-5-8-14-6-1-2-7-14/h14-17H,1-13H2. The molecule has 5 heteroatoms. The van der Waals surface area contributed by atoms with Crippen LogP contribution in [0, 0.1) is 5.92 Å². The van der Waals surface area contributed by atoms with Crippen molar-refractivity contribution < 1.29 is 8.42 Å². The van der Waals surface area contributed by atoms with Crippen LogP contribution in [-0.2, 0) is 10.0 Å². The van der Waals surface area contributed by atoms with Crippen molar-refractivity contribution in [1.29, 1.82) is 0 Å². The molecular weight excluding hydrogens is 272 g/mol. The van der Waals surface area contributed by atoms with Gasteiger partial charge in [0.2, 0.25) is 10.0 Å². The van der Waals surface area contributed by atoms with Crippen molar-refractivity contribution in [2.75, 3.05) is 18.8 Å². The topological polar surface area (TPSA) is 58.2 Å². The summed E-state index contributed by atoms with van der Waals surface area (Å²) in [7, 11) is -3.07. The first-order chi connectivity index (χ1) is 9.66. The normalized spacial score (nSPS) is 25.1. The third-order valence-electron chi connectivity index (χ3n) is 4.73. The minimum atomic E-state index is -3.07. The number of hydrogen-bond acceptors (Lipinski definition) is 3. The van der Waals surface area contributed by atoms with E-state index in [0.29, 0.717) is 12.6 Å². The van der Waals surface area contributed by atoms with Crippen molar-refractivity contribution in [3.8, 4) is 0 Å². The van der Waals surface area contributed by atoms with Crippen LogP contribution in [0.25, 0.3) is 0 Å². The van der Waals surface area contributed by atoms with E-state index >= 15 is 0 Å². The van der Waals surface area contributed by atoms with Crippen molar-refractivity contribution in [3.63, 3.8) is 0 Å². The van der Waals surface area contributed by atoms with Gasteiger partial charge in [-0.05, 0) is 44.6 Å². The highest BCUT2D eigenvalue weighted by molar-refractivity contribution is 7.89. The van der Waals surface area contributed by atoms with Gasteiger partial charge in [0.25, 0.3) is 0 Å². The zero-order chi connectivity index (χ0) is 14.3. The Morgan fingerprint density at radius 2 is 1.75 bits per heavy atom. The highest BCUT2D eigenvalue weighted by atomic mass is 32.2. The van der Waals surface area contributed by atoms with E-state index in [4.69, 9.17) is 0 Å². The van der Waals surface area contributed by atoms with Gasteiger partial charge in [-0.1, -0.05) is 32.1 Å². The van der Waals surface area contributed by atoms with Gasteiger partial charge in [-0.15, -0.1) is 0 Å². The number of piperidine rings is 1. The molecule has 2 aliphatic rings. The van der Waals surface area contributed by atoms with Crippen molar-refractivity contribution in [2.45, 2.75) is 70.3 Å². The monoisotopic (exact) mass is 302 g/mol. The summed E-state index contributed by atoms with van der Waals surface area (Å²) >= 11 is 0. The molecule has 0 aromatic rings. The molecule has 2 N–H and O–H groups in total. The Morgan fingerprint density at radius 3 is 2.45 bits per heavy atom. The lowest BCUT2D eigenvalue weighted by Crippen LogP contribution is -2.37. The zero-order valence-electron chi connectivity index (χ0n) is 12.6. The first-order valence-corrected chi connectivity index (χ1v) is 10.0. The first kappa shape index (κ1) is 16.2. The number of sulfonamides is 1. The lowest BCUT2D eigenvalue weighted by molar-refractivity contribution is 0.392. The van der Waals surface area contributed by atoms with Crippen LogP contribution in [0.1, 0.15) is 64.2 Å². The average molecular weight is 302 g/mol. The Hall–Kier alpha value is -0.130. The van der Waals surface area contributed by atoms with E-state index in [0.717, 1.165) is 31.7 Å². The fourth-order valence-corrected chi connectivity index (χ4v) is 4.65. The van der Waals surface area contributed by atoms with Gasteiger partial charge in [0.05, 0.1) is 5.75 Å². The van der Waals surface area contributed by atoms with E-state index < -0.39 is 10.0 Å². The smallest absolute Gasteiger partial charge is 0.211 e. The summed E-state index contributed by atoms with van der Waals surface area (Å²) in [5.41, 5.74) is 0. The third kappa shape index (κ3) is 6.10. The number of nitrogens with one attached hydrogen (secondary N) is 2. The van der Waals surface area contributed by atoms with Crippen molar-refractivity contribution in [3.05, 3.63) is 0 Å². The van der Waals surface area contributed by atoms with Crippen LogP contribution in [0.2, 0.25) is 0 Å². The number of hydrogen-bond donors (Lipinski definition) is 2. The fraction of sp³-hybridized carbons (Fsp3) is 1.00. The predicted octanol–water partition coefficient (Wildman–Crippen LogP) is 2.41. The maximum Gasteiger partial charge on any atom is 0.211 e. The van der Waals surface area contributed by atoms with Crippen molar-refractivity contribution in [1.82, 2.24) is 10.0 Å². The largest absolute Gasteiger partial charge is 0.314 e. The summed E-state index contributed by atoms with van der Waals surface area (Å²) < 4.78 is 26.6. The summed E-state index contributed by atoms with van der Waals surface area (Å²) in [6.07, 6.45) is 11.9. The first-order valence-electron chi connectivity index (χ1n) is 8.36. The van der Waals surface area contributed by atoms with Gasteiger partial charge < -0.3 is 5.32 Å². The highest BCUT2D eigenvalue weighted by Gasteiger charge is 2.18. The van der Waals surface area contributed by atoms with Crippen LogP contribution in [-0.4, -0.2) is 33.3 Å². The summed E-state index contributed by atoms with van der Waals surface area (Å²) in [6.45, 7) is 1.66. The van der Waals surface area contributed by atoms with E-state index in [1.54, 1.807) is 0 Å². The highest BCUT2D eigenvalue weighted by Crippen LogP contribution is 2.28. The summed E-state index contributed by atoms with van der Waals surface area (Å²) in [5, 5.41) is 3.40. The molecule has 1 saturated carbocycles. The molecule has 4 nitrogen and oxygen atoms in total. The lowest BCUT2D eigenvalue weighted by Gasteiger charge is -2.23. The molecule has 2 fully saturated rings. The van der Waals surface area contributed by atoms with Crippen molar-refractivity contribution >= 4 is 10.0 Å². The molecule has 0 amide bonds. The van der Waals surface area contributed by atoms with Crippen molar-refractivity contribution in [2.24, 2.45) is 5.92 Å². The quantitative estimate of drug-likeness (QED) is 0.677. The predicted molar refractivity (Wildman–Crippen MR) is 83.2 cm³/mol. The Morgan fingerprint density at radius 1 is 1.00 bits per heavy atom. The Bertz CT molecular complexity index is 358. The Kier molecular flexibility index (Phi) is 6.78. The van der Waals surface area contributed by atoms with E-state index in [1.807, 2.05) is 0 Å². The van der Waals surface area contributed by atoms with Crippen LogP contribution in [0.4, 0.5) is 0 Å². The van der Waals surface area contributed by atoms with E-state index in [2.05, 4.69) is 10.0 Å². The van der Waals surface area contributed by atoms with Crippen LogP contribution in [0.15, 0.2) is 0 Å². The molecule has 1 aliphatic carbocycles. The maximum atomic E-state index is 11.9. The SMILES string of the molecule is O=S(=O)(CCC1CCCCN1)NCCCC1CCCC1. The molecule has 0 spiro atoms. The van der Waals surface area contributed by atoms with Gasteiger partial charge in [0.15, 0.2) is 0 Å². The van der Waals surface area contributed by atoms with Gasteiger partial charge in [-0.3, -0.25) is 0 Å². The molecule has 20 heavy (non-hydrogen) atoms. The van der Waals surface area contributed by atoms with Crippen LogP contribution in [0.5, 0.6) is 0 Å². The molecule has 2 rings (SSSR count). The molecule has 118 valence electrons. The zero-order valence-corrected chi connectivity index (χ0v) is 13.4. The second-order valence-electron chi connectivity index (χ2n) is 6.44. The molecule has 0 radical (unpaired) electrons. The molecule has 1 unspecified atom stereocenters. The van der Waals surface area contributed by atoms with Gasteiger partial charge in [-0.25, -0.2) is 13.1 Å². The minimum Gasteiger partial charge on any atom is -0.314 e. The van der Waals surface area contributed by atoms with Crippen LogP contribution < -0.4 is 10.0 Å². The van der Waals surface area contributed by atoms with Crippen LogP contribution >= 0.6 is 0 Å². The van der Waals surface area contributed by atoms with Gasteiger partial charge in [-0.2, -0.15) is 0 Å². The minimum absolute atomic E-state index is 0.272. The molecule has 1 saturated heterocycles. The Balaban J connectivity index is 1.55. The fourth-order valence-electron chi connectivity index (χ4n) is 3.46. The molecule has 1 aliphatic heterocycles. The third-order valence-corrected chi connectivity index (χ3v) is 6.15. The lowest BCUT2D eigenvalue weighted by atomic mass is 10.0. The second kappa shape index (κ2) is 8.35. The van der Waals surface area contributed by atoms with Gasteiger partial charge in [0, 0.05) is 12.6 Å².